The number of rotatable bonds is 5. The van der Waals surface area contributed by atoms with E-state index in [4.69, 9.17) is 4.74 Å². The highest BCUT2D eigenvalue weighted by Gasteiger charge is 2.42. The molecular formula is C24H29F4N3O2. The number of nitrogens with zero attached hydrogens (tertiary/aromatic N) is 2. The highest BCUT2D eigenvalue weighted by atomic mass is 19.3. The van der Waals surface area contributed by atoms with Gasteiger partial charge in [0.2, 0.25) is 5.92 Å². The van der Waals surface area contributed by atoms with Crippen LogP contribution in [0, 0.1) is 12.8 Å². The first-order valence-electron chi connectivity index (χ1n) is 11.7. The van der Waals surface area contributed by atoms with Crippen LogP contribution < -0.4 is 5.32 Å². The lowest BCUT2D eigenvalue weighted by Crippen LogP contribution is -2.41. The maximum atomic E-state index is 14.5. The summed E-state index contributed by atoms with van der Waals surface area (Å²) in [5.41, 5.74) is 1.25. The molecule has 5 rings (SSSR count). The Morgan fingerprint density at radius 1 is 1.24 bits per heavy atom. The number of pyridine rings is 1. The van der Waals surface area contributed by atoms with Gasteiger partial charge in [0.25, 0.3) is 11.8 Å². The Balaban J connectivity index is 1.44. The molecule has 3 fully saturated rings. The summed E-state index contributed by atoms with van der Waals surface area (Å²) < 4.78 is 63.6. The molecule has 4 heterocycles. The number of aromatic nitrogens is 2. The number of hydrogen-bond donors (Lipinski definition) is 1. The number of imidazole rings is 1. The Morgan fingerprint density at radius 2 is 1.97 bits per heavy atom. The van der Waals surface area contributed by atoms with Gasteiger partial charge in [-0.05, 0) is 63.5 Å². The molecule has 2 saturated heterocycles. The number of amides is 1. The van der Waals surface area contributed by atoms with E-state index in [1.165, 1.54) is 6.07 Å². The molecule has 33 heavy (non-hydrogen) atoms. The zero-order valence-corrected chi connectivity index (χ0v) is 18.8. The lowest BCUT2D eigenvalue weighted by atomic mass is 9.83. The molecule has 0 spiro atoms. The van der Waals surface area contributed by atoms with Gasteiger partial charge in [-0.2, -0.15) is 8.78 Å². The summed E-state index contributed by atoms with van der Waals surface area (Å²) in [6.07, 6.45) is 3.38. The fraction of sp³-hybridized carbons (Fsp3) is 0.667. The van der Waals surface area contributed by atoms with E-state index in [0.717, 1.165) is 26.2 Å². The van der Waals surface area contributed by atoms with Crippen LogP contribution in [0.4, 0.5) is 17.6 Å². The van der Waals surface area contributed by atoms with E-state index in [-0.39, 0.29) is 60.7 Å². The smallest absolute Gasteiger partial charge is 0.288 e. The van der Waals surface area contributed by atoms with E-state index in [1.54, 1.807) is 17.4 Å². The molecule has 2 aliphatic heterocycles. The van der Waals surface area contributed by atoms with Crippen LogP contribution in [0.15, 0.2) is 12.1 Å². The Bertz CT molecular complexity index is 1070. The number of nitrogens with one attached hydrogen (secondary N) is 1. The molecule has 5 nitrogen and oxygen atoms in total. The summed E-state index contributed by atoms with van der Waals surface area (Å²) in [5, 5.41) is 3.02. The first-order chi connectivity index (χ1) is 15.5. The molecule has 3 aliphatic rings. The zero-order chi connectivity index (χ0) is 23.5. The monoisotopic (exact) mass is 467 g/mol. The predicted molar refractivity (Wildman–Crippen MR) is 114 cm³/mol. The van der Waals surface area contributed by atoms with Crippen LogP contribution in [0.25, 0.3) is 5.65 Å². The second-order valence-corrected chi connectivity index (χ2v) is 10.1. The molecule has 180 valence electrons. The summed E-state index contributed by atoms with van der Waals surface area (Å²) in [4.78, 5) is 17.1. The molecule has 9 heteroatoms. The number of ether oxygens (including phenoxy) is 1. The summed E-state index contributed by atoms with van der Waals surface area (Å²) >= 11 is 0. The van der Waals surface area contributed by atoms with Crippen molar-refractivity contribution in [1.29, 1.82) is 0 Å². The van der Waals surface area contributed by atoms with Gasteiger partial charge < -0.3 is 14.5 Å². The number of hydrogen-bond acceptors (Lipinski definition) is 3. The summed E-state index contributed by atoms with van der Waals surface area (Å²) in [6, 6.07) is 3.17. The Labute approximate surface area is 189 Å². The minimum atomic E-state index is -3.19. The van der Waals surface area contributed by atoms with Crippen LogP contribution in [0.3, 0.4) is 0 Å². The molecule has 0 unspecified atom stereocenters. The van der Waals surface area contributed by atoms with Crippen molar-refractivity contribution in [2.24, 2.45) is 5.92 Å². The molecule has 2 aromatic rings. The van der Waals surface area contributed by atoms with E-state index in [9.17, 15) is 22.4 Å². The third-order valence-corrected chi connectivity index (χ3v) is 7.42. The third-order valence-electron chi connectivity index (χ3n) is 7.42. The second kappa shape index (κ2) is 7.96. The van der Waals surface area contributed by atoms with E-state index >= 15 is 0 Å². The van der Waals surface area contributed by atoms with Gasteiger partial charge in [-0.1, -0.05) is 0 Å². The van der Waals surface area contributed by atoms with Crippen molar-refractivity contribution < 1.29 is 27.1 Å². The number of alkyl halides is 4. The van der Waals surface area contributed by atoms with Gasteiger partial charge in [0.05, 0.1) is 23.9 Å². The van der Waals surface area contributed by atoms with Gasteiger partial charge in [0, 0.05) is 31.0 Å². The molecule has 1 amide bonds. The predicted octanol–water partition coefficient (Wildman–Crippen LogP) is 5.17. The minimum absolute atomic E-state index is 0.0371. The number of halogens is 4. The first kappa shape index (κ1) is 22.6. The molecule has 1 aliphatic carbocycles. The summed E-state index contributed by atoms with van der Waals surface area (Å²) in [6.45, 7) is 2.55. The van der Waals surface area contributed by atoms with E-state index in [0.29, 0.717) is 29.8 Å². The second-order valence-electron chi connectivity index (χ2n) is 10.1. The Hall–Kier alpha value is -2.16. The molecule has 2 bridgehead atoms. The number of carbonyl (C=O) groups excluding carboxylic acids is 1. The van der Waals surface area contributed by atoms with Crippen LogP contribution >= 0.6 is 0 Å². The van der Waals surface area contributed by atoms with Crippen molar-refractivity contribution >= 4 is 11.6 Å². The van der Waals surface area contributed by atoms with E-state index in [2.05, 4.69) is 10.3 Å². The molecule has 1 N–H and O–H groups in total. The van der Waals surface area contributed by atoms with Gasteiger partial charge in [-0.25, -0.2) is 13.8 Å². The fourth-order valence-corrected chi connectivity index (χ4v) is 5.72. The Kier molecular flexibility index (Phi) is 5.46. The highest BCUT2D eigenvalue weighted by Crippen LogP contribution is 2.40. The number of carbonyl (C=O) groups is 1. The van der Waals surface area contributed by atoms with Crippen molar-refractivity contribution in [3.63, 3.8) is 0 Å². The van der Waals surface area contributed by atoms with Gasteiger partial charge in [-0.3, -0.25) is 4.79 Å². The molecular weight excluding hydrogens is 438 g/mol. The third kappa shape index (κ3) is 4.36. The summed E-state index contributed by atoms with van der Waals surface area (Å²) in [5.74, 6) is -6.23. The maximum absolute atomic E-state index is 14.5. The van der Waals surface area contributed by atoms with Crippen LogP contribution in [-0.2, 0) is 17.1 Å². The van der Waals surface area contributed by atoms with E-state index < -0.39 is 11.8 Å². The van der Waals surface area contributed by atoms with Gasteiger partial charge >= 0.3 is 0 Å². The number of aryl methyl sites for hydroxylation is 1. The van der Waals surface area contributed by atoms with Crippen LogP contribution in [-0.4, -0.2) is 39.5 Å². The Morgan fingerprint density at radius 3 is 2.58 bits per heavy atom. The zero-order valence-electron chi connectivity index (χ0n) is 18.8. The lowest BCUT2D eigenvalue weighted by molar-refractivity contribution is -0.0460. The molecule has 2 aromatic heterocycles. The van der Waals surface area contributed by atoms with Crippen LogP contribution in [0.1, 0.15) is 79.3 Å². The summed E-state index contributed by atoms with van der Waals surface area (Å²) in [7, 11) is 0. The molecule has 1 saturated carbocycles. The average molecular weight is 468 g/mol. The van der Waals surface area contributed by atoms with Crippen molar-refractivity contribution in [3.05, 3.63) is 34.8 Å². The van der Waals surface area contributed by atoms with Gasteiger partial charge in [-0.15, -0.1) is 0 Å². The SMILES string of the molecule is Cc1cc(C(=O)N[C@H]2C[C@@H]3CC[C@H]2O3)cc2nc(C(C)(F)F)c(CC3CCC(F)(F)CC3)n12. The highest BCUT2D eigenvalue weighted by molar-refractivity contribution is 5.95. The van der Waals surface area contributed by atoms with E-state index in [1.807, 2.05) is 0 Å². The number of fused-ring (bicyclic) bond motifs is 3. The van der Waals surface area contributed by atoms with Crippen molar-refractivity contribution in [3.8, 4) is 0 Å². The largest absolute Gasteiger partial charge is 0.373 e. The first-order valence-corrected chi connectivity index (χ1v) is 11.7. The average Bonchev–Trinajstić information content (AvgIpc) is 3.43. The molecule has 0 aromatic carbocycles. The quantitative estimate of drug-likeness (QED) is 0.617. The van der Waals surface area contributed by atoms with Crippen molar-refractivity contribution in [1.82, 2.24) is 14.7 Å². The normalized spacial score (nSPS) is 27.4. The van der Waals surface area contributed by atoms with Crippen LogP contribution in [0.5, 0.6) is 0 Å². The lowest BCUT2D eigenvalue weighted by Gasteiger charge is -2.28. The van der Waals surface area contributed by atoms with Gasteiger partial charge in [0.1, 0.15) is 11.3 Å². The topological polar surface area (TPSA) is 55.6 Å². The molecule has 0 radical (unpaired) electrons. The fourth-order valence-electron chi connectivity index (χ4n) is 5.72. The van der Waals surface area contributed by atoms with Crippen molar-refractivity contribution in [2.45, 2.75) is 95.3 Å². The van der Waals surface area contributed by atoms with Crippen LogP contribution in [0.2, 0.25) is 0 Å². The maximum Gasteiger partial charge on any atom is 0.288 e. The van der Waals surface area contributed by atoms with Gasteiger partial charge in [0.15, 0.2) is 0 Å². The van der Waals surface area contributed by atoms with Crippen molar-refractivity contribution in [2.75, 3.05) is 0 Å². The standard InChI is InChI=1S/C24H29F4N3O2/c1-13-9-15(22(32)29-17-12-16-3-4-19(17)33-16)11-20-30-21(23(2,25)26)18(31(13)20)10-14-5-7-24(27,28)8-6-14/h9,11,14,16-17,19H,3-8,10,12H2,1-2H3,(H,29,32)/t16-,17-,19+/m0/s1. The molecule has 3 atom stereocenters. The minimum Gasteiger partial charge on any atom is -0.373 e.